The number of carbonyl (C=O) groups is 2. The minimum atomic E-state index is -0.168. The lowest BCUT2D eigenvalue weighted by Crippen LogP contribution is -2.45. The first-order valence-corrected chi connectivity index (χ1v) is 8.16. The van der Waals surface area contributed by atoms with Gasteiger partial charge in [-0.3, -0.25) is 9.59 Å². The topological polar surface area (TPSA) is 53.1 Å². The standard InChI is InChI=1S/C18H27N3O3/c1-12-10-21(6)18(23)15-9-14(19(3)4)7-8-16(15)24-17(12)11-20(5)13(2)22/h7-9,12,17H,10-11H2,1-6H3/t12-,17+/m0/s1. The molecule has 1 aliphatic rings. The van der Waals surface area contributed by atoms with E-state index in [1.807, 2.05) is 51.2 Å². The van der Waals surface area contributed by atoms with Gasteiger partial charge in [-0.2, -0.15) is 0 Å². The van der Waals surface area contributed by atoms with Crippen LogP contribution in [-0.4, -0.2) is 69.0 Å². The van der Waals surface area contributed by atoms with Crippen LogP contribution in [0.1, 0.15) is 24.2 Å². The summed E-state index contributed by atoms with van der Waals surface area (Å²) in [7, 11) is 7.45. The highest BCUT2D eigenvalue weighted by molar-refractivity contribution is 5.98. The molecule has 1 aromatic carbocycles. The maximum absolute atomic E-state index is 12.7. The van der Waals surface area contributed by atoms with Crippen LogP contribution in [0, 0.1) is 5.92 Å². The lowest BCUT2D eigenvalue weighted by Gasteiger charge is -2.34. The molecule has 0 radical (unpaired) electrons. The minimum Gasteiger partial charge on any atom is -0.487 e. The zero-order valence-corrected chi connectivity index (χ0v) is 15.4. The van der Waals surface area contributed by atoms with Crippen molar-refractivity contribution in [3.63, 3.8) is 0 Å². The average Bonchev–Trinajstić information content (AvgIpc) is 2.52. The Balaban J connectivity index is 2.39. The van der Waals surface area contributed by atoms with E-state index < -0.39 is 0 Å². The molecule has 2 amide bonds. The van der Waals surface area contributed by atoms with Gasteiger partial charge >= 0.3 is 0 Å². The highest BCUT2D eigenvalue weighted by Gasteiger charge is 2.30. The SMILES string of the molecule is CC(=O)N(C)C[C@H]1Oc2ccc(N(C)C)cc2C(=O)N(C)C[C@@H]1C. The van der Waals surface area contributed by atoms with E-state index in [1.54, 1.807) is 23.8 Å². The fraction of sp³-hybridized carbons (Fsp3) is 0.556. The van der Waals surface area contributed by atoms with Crippen molar-refractivity contribution >= 4 is 17.5 Å². The summed E-state index contributed by atoms with van der Waals surface area (Å²) >= 11 is 0. The normalized spacial score (nSPS) is 20.6. The van der Waals surface area contributed by atoms with Gasteiger partial charge in [-0.1, -0.05) is 6.92 Å². The summed E-state index contributed by atoms with van der Waals surface area (Å²) in [5.74, 6) is 0.646. The van der Waals surface area contributed by atoms with Crippen molar-refractivity contribution in [2.75, 3.05) is 46.2 Å². The van der Waals surface area contributed by atoms with Gasteiger partial charge < -0.3 is 19.4 Å². The summed E-state index contributed by atoms with van der Waals surface area (Å²) in [4.78, 5) is 29.6. The smallest absolute Gasteiger partial charge is 0.257 e. The first-order chi connectivity index (χ1) is 11.2. The number of carbonyl (C=O) groups excluding carboxylic acids is 2. The Bertz CT molecular complexity index is 630. The molecule has 24 heavy (non-hydrogen) atoms. The molecule has 0 bridgehead atoms. The van der Waals surface area contributed by atoms with Crippen LogP contribution >= 0.6 is 0 Å². The summed E-state index contributed by atoms with van der Waals surface area (Å²) in [5, 5.41) is 0. The molecule has 2 atom stereocenters. The molecule has 0 aromatic heterocycles. The zero-order valence-electron chi connectivity index (χ0n) is 15.4. The Morgan fingerprint density at radius 2 is 2.00 bits per heavy atom. The average molecular weight is 333 g/mol. The molecule has 2 rings (SSSR count). The largest absolute Gasteiger partial charge is 0.487 e. The molecule has 0 N–H and O–H groups in total. The Labute approximate surface area is 144 Å². The van der Waals surface area contributed by atoms with Crippen LogP contribution in [0.2, 0.25) is 0 Å². The van der Waals surface area contributed by atoms with Crippen molar-refractivity contribution in [3.8, 4) is 5.75 Å². The van der Waals surface area contributed by atoms with Crippen molar-refractivity contribution in [2.24, 2.45) is 5.92 Å². The monoisotopic (exact) mass is 333 g/mol. The molecule has 0 fully saturated rings. The highest BCUT2D eigenvalue weighted by Crippen LogP contribution is 2.30. The van der Waals surface area contributed by atoms with Crippen molar-refractivity contribution in [1.82, 2.24) is 9.80 Å². The van der Waals surface area contributed by atoms with E-state index in [4.69, 9.17) is 4.74 Å². The second kappa shape index (κ2) is 7.11. The first-order valence-electron chi connectivity index (χ1n) is 8.16. The van der Waals surface area contributed by atoms with Gasteiger partial charge in [0.1, 0.15) is 11.9 Å². The second-order valence-electron chi connectivity index (χ2n) is 6.79. The van der Waals surface area contributed by atoms with E-state index in [9.17, 15) is 9.59 Å². The molecular weight excluding hydrogens is 306 g/mol. The molecule has 6 nitrogen and oxygen atoms in total. The van der Waals surface area contributed by atoms with E-state index >= 15 is 0 Å². The van der Waals surface area contributed by atoms with E-state index in [1.165, 1.54) is 0 Å². The number of nitrogens with zero attached hydrogens (tertiary/aromatic N) is 3. The second-order valence-corrected chi connectivity index (χ2v) is 6.79. The molecule has 0 saturated carbocycles. The van der Waals surface area contributed by atoms with Gasteiger partial charge in [0.05, 0.1) is 12.1 Å². The van der Waals surface area contributed by atoms with Crippen molar-refractivity contribution in [2.45, 2.75) is 20.0 Å². The van der Waals surface area contributed by atoms with E-state index in [-0.39, 0.29) is 23.8 Å². The van der Waals surface area contributed by atoms with Crippen molar-refractivity contribution in [1.29, 1.82) is 0 Å². The lowest BCUT2D eigenvalue weighted by atomic mass is 10.0. The lowest BCUT2D eigenvalue weighted by molar-refractivity contribution is -0.129. The van der Waals surface area contributed by atoms with Gasteiger partial charge in [0, 0.05) is 53.3 Å². The van der Waals surface area contributed by atoms with E-state index in [2.05, 4.69) is 0 Å². The third-order valence-corrected chi connectivity index (χ3v) is 4.52. The van der Waals surface area contributed by atoms with Gasteiger partial charge in [-0.25, -0.2) is 0 Å². The van der Waals surface area contributed by atoms with Gasteiger partial charge in [0.25, 0.3) is 5.91 Å². The number of amides is 2. The molecule has 0 saturated heterocycles. The Morgan fingerprint density at radius 1 is 1.33 bits per heavy atom. The van der Waals surface area contributed by atoms with Crippen molar-refractivity contribution in [3.05, 3.63) is 23.8 Å². The molecule has 6 heteroatoms. The van der Waals surface area contributed by atoms with Crippen LogP contribution in [-0.2, 0) is 4.79 Å². The molecule has 1 aromatic rings. The first kappa shape index (κ1) is 18.1. The van der Waals surface area contributed by atoms with Crippen LogP contribution in [0.25, 0.3) is 0 Å². The number of fused-ring (bicyclic) bond motifs is 1. The molecule has 0 unspecified atom stereocenters. The number of anilines is 1. The molecular formula is C18H27N3O3. The van der Waals surface area contributed by atoms with Gasteiger partial charge in [-0.15, -0.1) is 0 Å². The van der Waals surface area contributed by atoms with Crippen LogP contribution < -0.4 is 9.64 Å². The quantitative estimate of drug-likeness (QED) is 0.845. The van der Waals surface area contributed by atoms with Gasteiger partial charge in [-0.05, 0) is 18.2 Å². The third kappa shape index (κ3) is 3.80. The molecule has 132 valence electrons. The van der Waals surface area contributed by atoms with Crippen LogP contribution in [0.15, 0.2) is 18.2 Å². The minimum absolute atomic E-state index is 0.000435. The summed E-state index contributed by atoms with van der Waals surface area (Å²) in [5.41, 5.74) is 1.51. The molecule has 0 aliphatic carbocycles. The van der Waals surface area contributed by atoms with E-state index in [0.29, 0.717) is 24.4 Å². The zero-order chi connectivity index (χ0) is 18.0. The molecule has 0 spiro atoms. The van der Waals surface area contributed by atoms with Crippen LogP contribution in [0.4, 0.5) is 5.69 Å². The maximum atomic E-state index is 12.7. The molecule has 1 aliphatic heterocycles. The van der Waals surface area contributed by atoms with Gasteiger partial charge in [0.2, 0.25) is 5.91 Å². The summed E-state index contributed by atoms with van der Waals surface area (Å²) < 4.78 is 6.16. The number of benzene rings is 1. The Hall–Kier alpha value is -2.24. The number of rotatable bonds is 3. The Morgan fingerprint density at radius 3 is 2.58 bits per heavy atom. The summed E-state index contributed by atoms with van der Waals surface area (Å²) in [6.07, 6.45) is -0.168. The van der Waals surface area contributed by atoms with Crippen LogP contribution in [0.3, 0.4) is 0 Å². The predicted octanol–water partition coefficient (Wildman–Crippen LogP) is 1.70. The summed E-state index contributed by atoms with van der Waals surface area (Å²) in [6.45, 7) is 4.66. The maximum Gasteiger partial charge on any atom is 0.257 e. The van der Waals surface area contributed by atoms with Crippen molar-refractivity contribution < 1.29 is 14.3 Å². The number of likely N-dealkylation sites (N-methyl/N-ethyl adjacent to an activating group) is 1. The highest BCUT2D eigenvalue weighted by atomic mass is 16.5. The summed E-state index contributed by atoms with van der Waals surface area (Å²) in [6, 6.07) is 5.63. The van der Waals surface area contributed by atoms with Gasteiger partial charge in [0.15, 0.2) is 0 Å². The third-order valence-electron chi connectivity index (χ3n) is 4.52. The number of hydrogen-bond donors (Lipinski definition) is 0. The van der Waals surface area contributed by atoms with E-state index in [0.717, 1.165) is 5.69 Å². The Kier molecular flexibility index (Phi) is 5.36. The molecule has 1 heterocycles. The fourth-order valence-electron chi connectivity index (χ4n) is 2.80. The number of hydrogen-bond acceptors (Lipinski definition) is 4. The number of ether oxygens (including phenoxy) is 1. The fourth-order valence-corrected chi connectivity index (χ4v) is 2.80. The predicted molar refractivity (Wildman–Crippen MR) is 94.6 cm³/mol. The van der Waals surface area contributed by atoms with Crippen LogP contribution in [0.5, 0.6) is 5.75 Å².